The van der Waals surface area contributed by atoms with E-state index in [-0.39, 0.29) is 17.6 Å². The number of esters is 1. The van der Waals surface area contributed by atoms with E-state index in [9.17, 15) is 19.5 Å². The lowest BCUT2D eigenvalue weighted by molar-refractivity contribution is -0.152. The number of aromatic nitrogens is 2. The van der Waals surface area contributed by atoms with Crippen LogP contribution < -0.4 is 25.8 Å². The lowest BCUT2D eigenvalue weighted by Gasteiger charge is -2.37. The van der Waals surface area contributed by atoms with E-state index in [2.05, 4.69) is 9.88 Å². The van der Waals surface area contributed by atoms with E-state index in [0.29, 0.717) is 16.4 Å². The number of ether oxygens (including phenoxy) is 2. The minimum Gasteiger partial charge on any atom is -0.477 e. The number of carbonyl (C=O) groups is 2. The molecule has 180 valence electrons. The second kappa shape index (κ2) is 9.59. The van der Waals surface area contributed by atoms with E-state index >= 15 is 0 Å². The van der Waals surface area contributed by atoms with Gasteiger partial charge in [-0.25, -0.2) is 14.6 Å². The number of hydrogen-bond donors (Lipinski definition) is 2. The Balaban J connectivity index is 0.000000398. The van der Waals surface area contributed by atoms with Gasteiger partial charge in [-0.05, 0) is 31.9 Å². The van der Waals surface area contributed by atoms with Crippen molar-refractivity contribution >= 4 is 45.0 Å². The van der Waals surface area contributed by atoms with Gasteiger partial charge in [-0.2, -0.15) is 0 Å². The molecule has 34 heavy (non-hydrogen) atoms. The summed E-state index contributed by atoms with van der Waals surface area (Å²) in [5.74, 6) is -1.52. The summed E-state index contributed by atoms with van der Waals surface area (Å²) in [5.41, 5.74) is 5.46. The average Bonchev–Trinajstić information content (AvgIpc) is 3.51. The monoisotopic (exact) mass is 487 g/mol. The summed E-state index contributed by atoms with van der Waals surface area (Å²) in [6.45, 7) is 3.58. The molecular formula is C22H25N5O6S. The first kappa shape index (κ1) is 23.4. The summed E-state index contributed by atoms with van der Waals surface area (Å²) in [6.07, 6.45) is 3.91. The molecule has 0 saturated carbocycles. The van der Waals surface area contributed by atoms with E-state index < -0.39 is 23.6 Å². The molecule has 1 fully saturated rings. The molecule has 0 spiro atoms. The zero-order valence-corrected chi connectivity index (χ0v) is 19.6. The van der Waals surface area contributed by atoms with Crippen molar-refractivity contribution in [1.82, 2.24) is 9.66 Å². The minimum atomic E-state index is -1.33. The Hall–Kier alpha value is -3.80. The minimum absolute atomic E-state index is 0.188. The van der Waals surface area contributed by atoms with Crippen molar-refractivity contribution in [1.29, 1.82) is 0 Å². The maximum atomic E-state index is 12.7. The van der Waals surface area contributed by atoms with Crippen LogP contribution in [0.5, 0.6) is 5.75 Å². The Morgan fingerprint density at radius 3 is 2.62 bits per heavy atom. The van der Waals surface area contributed by atoms with Crippen LogP contribution in [0.2, 0.25) is 0 Å². The van der Waals surface area contributed by atoms with Crippen LogP contribution in [0.4, 0.5) is 10.8 Å². The predicted molar refractivity (Wildman–Crippen MR) is 128 cm³/mol. The molecule has 0 radical (unpaired) electrons. The highest BCUT2D eigenvalue weighted by atomic mass is 32.1. The summed E-state index contributed by atoms with van der Waals surface area (Å²) >= 11 is 1.44. The van der Waals surface area contributed by atoms with Crippen molar-refractivity contribution in [2.24, 2.45) is 0 Å². The summed E-state index contributed by atoms with van der Waals surface area (Å²) in [5, 5.41) is 13.6. The molecule has 12 heteroatoms. The van der Waals surface area contributed by atoms with Gasteiger partial charge in [0.2, 0.25) is 5.43 Å². The van der Waals surface area contributed by atoms with Crippen LogP contribution in [0, 0.1) is 0 Å². The number of carboxylic acids is 1. The third-order valence-corrected chi connectivity index (χ3v) is 6.21. The van der Waals surface area contributed by atoms with Gasteiger partial charge >= 0.3 is 11.9 Å². The third kappa shape index (κ3) is 4.23. The van der Waals surface area contributed by atoms with E-state index in [1.807, 2.05) is 5.38 Å². The van der Waals surface area contributed by atoms with Crippen LogP contribution in [0.25, 0.3) is 10.9 Å². The van der Waals surface area contributed by atoms with Crippen molar-refractivity contribution in [3.8, 4) is 5.75 Å². The van der Waals surface area contributed by atoms with Gasteiger partial charge in [0, 0.05) is 37.9 Å². The molecule has 0 amide bonds. The Morgan fingerprint density at radius 2 is 2.06 bits per heavy atom. The number of nitrogens with zero attached hydrogens (tertiary/aromatic N) is 4. The van der Waals surface area contributed by atoms with Crippen molar-refractivity contribution in [2.45, 2.75) is 26.0 Å². The zero-order chi connectivity index (χ0) is 24.4. The van der Waals surface area contributed by atoms with Crippen LogP contribution in [0.15, 0.2) is 34.7 Å². The molecule has 2 aliphatic rings. The average molecular weight is 488 g/mol. The molecule has 1 aromatic carbocycles. The number of thiazole rings is 1. The van der Waals surface area contributed by atoms with Gasteiger partial charge in [0.05, 0.1) is 17.7 Å². The van der Waals surface area contributed by atoms with Crippen LogP contribution in [-0.4, -0.2) is 59.7 Å². The number of likely N-dealkylation sites (N-methyl/N-ethyl adjacent to an activating group) is 1. The van der Waals surface area contributed by atoms with Crippen LogP contribution in [0.1, 0.15) is 30.1 Å². The van der Waals surface area contributed by atoms with Gasteiger partial charge in [-0.15, -0.1) is 11.3 Å². The molecule has 11 nitrogen and oxygen atoms in total. The van der Waals surface area contributed by atoms with Crippen LogP contribution in [0.3, 0.4) is 0 Å². The summed E-state index contributed by atoms with van der Waals surface area (Å²) in [6, 6.07) is 3.38. The number of nitrogens with two attached hydrogens (primary N) is 1. The molecule has 5 rings (SSSR count). The number of rotatable bonds is 4. The summed E-state index contributed by atoms with van der Waals surface area (Å²) < 4.78 is 12.7. The number of anilines is 2. The summed E-state index contributed by atoms with van der Waals surface area (Å²) in [4.78, 5) is 42.6. The third-order valence-electron chi connectivity index (χ3n) is 5.61. The number of carbonyl (C=O) groups excluding carboxylic acids is 1. The molecule has 2 aromatic heterocycles. The van der Waals surface area contributed by atoms with Crippen molar-refractivity contribution in [3.05, 3.63) is 45.7 Å². The fourth-order valence-corrected chi connectivity index (χ4v) is 4.42. The second-order valence-electron chi connectivity index (χ2n) is 7.69. The molecule has 0 aliphatic carbocycles. The van der Waals surface area contributed by atoms with E-state index in [1.165, 1.54) is 27.2 Å². The number of aromatic carboxylic acids is 1. The highest BCUT2D eigenvalue weighted by Crippen LogP contribution is 2.40. The smallest absolute Gasteiger partial charge is 0.370 e. The number of pyridine rings is 1. The van der Waals surface area contributed by atoms with Gasteiger partial charge in [-0.1, -0.05) is 0 Å². The molecule has 3 N–H and O–H groups in total. The zero-order valence-electron chi connectivity index (χ0n) is 18.8. The topological polar surface area (TPSA) is 140 Å². The predicted octanol–water partition coefficient (Wildman–Crippen LogP) is 1.87. The Kier molecular flexibility index (Phi) is 6.59. The number of carboxylic acid groups (broad SMARTS) is 1. The van der Waals surface area contributed by atoms with Gasteiger partial charge in [0.15, 0.2) is 10.9 Å². The van der Waals surface area contributed by atoms with Crippen LogP contribution >= 0.6 is 11.3 Å². The van der Waals surface area contributed by atoms with E-state index in [1.54, 1.807) is 32.3 Å². The lowest BCUT2D eigenvalue weighted by Crippen LogP contribution is -2.53. The SMILES string of the molecule is CCOC(=O)C1Oc2c(N3CCCC3)ccc3c(=O)c(C(=O)O)cn(c23)N1C.Nc1nccs1. The number of nitrogen functional groups attached to an aromatic ring is 1. The lowest BCUT2D eigenvalue weighted by atomic mass is 10.1. The van der Waals surface area contributed by atoms with Gasteiger partial charge in [0.25, 0.3) is 6.23 Å². The van der Waals surface area contributed by atoms with E-state index in [0.717, 1.165) is 31.6 Å². The largest absolute Gasteiger partial charge is 0.477 e. The van der Waals surface area contributed by atoms with Crippen molar-refractivity contribution in [2.75, 3.05) is 42.4 Å². The molecule has 1 saturated heterocycles. The summed E-state index contributed by atoms with van der Waals surface area (Å²) in [7, 11) is 1.59. The van der Waals surface area contributed by atoms with Crippen molar-refractivity contribution < 1.29 is 24.2 Å². The van der Waals surface area contributed by atoms with E-state index in [4.69, 9.17) is 15.2 Å². The van der Waals surface area contributed by atoms with Gasteiger partial charge in [-0.3, -0.25) is 14.5 Å². The first-order valence-electron chi connectivity index (χ1n) is 10.8. The fraction of sp³-hybridized carbons (Fsp3) is 0.364. The molecule has 1 unspecified atom stereocenters. The fourth-order valence-electron chi connectivity index (χ4n) is 4.04. The maximum absolute atomic E-state index is 12.7. The first-order chi connectivity index (χ1) is 16.3. The highest BCUT2D eigenvalue weighted by Gasteiger charge is 2.36. The molecular weight excluding hydrogens is 462 g/mol. The standard InChI is InChI=1S/C19H21N3O6.C3H4N2S/c1-3-27-19(26)17-20(2)22-10-12(18(24)25)15(23)11-6-7-13(16(28-17)14(11)22)21-8-4-5-9-21;4-3-5-1-2-6-3/h6-7,10,17H,3-5,8-9H2,1-2H3,(H,24,25);1-2H,(H2,4,5). The molecule has 3 aromatic rings. The van der Waals surface area contributed by atoms with Gasteiger partial charge < -0.3 is 25.2 Å². The second-order valence-corrected chi connectivity index (χ2v) is 8.62. The van der Waals surface area contributed by atoms with Gasteiger partial charge in [0.1, 0.15) is 11.1 Å². The quantitative estimate of drug-likeness (QED) is 0.524. The Labute approximate surface area is 198 Å². The number of benzene rings is 1. The van der Waals surface area contributed by atoms with Crippen molar-refractivity contribution in [3.63, 3.8) is 0 Å². The van der Waals surface area contributed by atoms with Crippen LogP contribution in [-0.2, 0) is 9.53 Å². The normalized spacial score (nSPS) is 16.6. The molecule has 1 atom stereocenters. The molecule has 4 heterocycles. The first-order valence-corrected chi connectivity index (χ1v) is 11.6. The maximum Gasteiger partial charge on any atom is 0.370 e. The molecule has 2 aliphatic heterocycles. The Bertz CT molecular complexity index is 1270. The Morgan fingerprint density at radius 1 is 1.32 bits per heavy atom. The molecule has 0 bridgehead atoms. The number of hydrogen-bond acceptors (Lipinski definition) is 10. The highest BCUT2D eigenvalue weighted by molar-refractivity contribution is 7.13.